The number of hydrogen-bond donors (Lipinski definition) is 3. The van der Waals surface area contributed by atoms with Crippen LogP contribution in [0.25, 0.3) is 0 Å². The molecule has 3 atom stereocenters. The topological polar surface area (TPSA) is 138 Å². The fraction of sp³-hybridized carbons (Fsp3) is 0.455. The van der Waals surface area contributed by atoms with Crippen LogP contribution in [0.1, 0.15) is 33.3 Å². The lowest BCUT2D eigenvalue weighted by atomic mass is 10.00. The number of ether oxygens (including phenoxy) is 1. The zero-order valence-electron chi connectivity index (χ0n) is 19.2. The summed E-state index contributed by atoms with van der Waals surface area (Å²) in [4.78, 5) is 53.9. The van der Waals surface area contributed by atoms with Gasteiger partial charge in [-0.1, -0.05) is 18.2 Å². The molecule has 0 saturated carbocycles. The van der Waals surface area contributed by atoms with E-state index in [9.17, 15) is 23.6 Å². The Morgan fingerprint density at radius 2 is 1.88 bits per heavy atom. The van der Waals surface area contributed by atoms with Crippen molar-refractivity contribution in [1.82, 2.24) is 15.3 Å². The molecule has 3 N–H and O–H groups in total. The number of hydroxylamine groups is 2. The first-order valence-corrected chi connectivity index (χ1v) is 10.5. The van der Waals surface area contributed by atoms with E-state index in [-0.39, 0.29) is 13.1 Å². The Balaban J connectivity index is 1.60. The molecule has 12 heteroatoms. The number of alkyl carbamates (subject to hydrolysis) is 1. The first-order chi connectivity index (χ1) is 15.9. The van der Waals surface area contributed by atoms with Crippen LogP contribution in [0, 0.1) is 0 Å². The van der Waals surface area contributed by atoms with Crippen LogP contribution < -0.4 is 10.6 Å². The molecular formula is C22H27FN4O7. The normalized spacial score (nSPS) is 20.5. The number of alkyl halides is 1. The number of nitrogens with zero attached hydrogens (tertiary/aromatic N) is 2. The fourth-order valence-corrected chi connectivity index (χ4v) is 3.62. The summed E-state index contributed by atoms with van der Waals surface area (Å²) in [5.74, 6) is -2.35. The van der Waals surface area contributed by atoms with E-state index >= 15 is 0 Å². The standard InChI is InChI=1S/C22H27FN4O7/c1-12-9-15-11-26(21(32)27(15)34-17(23)19(29)30)16(12)18(28)25-14-7-5-13(6-8-14)10-24-20(31)33-22(2,3)4/h5-9,15-17H,10-11H2,1-4H3,(H,24,31)(H,25,28)(H,29,30)/t15-,16+,17+/m1/s1. The second-order valence-corrected chi connectivity index (χ2v) is 8.94. The molecular weight excluding hydrogens is 451 g/mol. The van der Waals surface area contributed by atoms with Crippen LogP contribution in [0.5, 0.6) is 0 Å². The van der Waals surface area contributed by atoms with Crippen LogP contribution in [0.2, 0.25) is 0 Å². The van der Waals surface area contributed by atoms with Gasteiger partial charge >= 0.3 is 24.5 Å². The molecule has 34 heavy (non-hydrogen) atoms. The van der Waals surface area contributed by atoms with Gasteiger partial charge in [-0.05, 0) is 51.0 Å². The highest BCUT2D eigenvalue weighted by molar-refractivity contribution is 6.00. The molecule has 2 aliphatic heterocycles. The predicted octanol–water partition coefficient (Wildman–Crippen LogP) is 2.40. The van der Waals surface area contributed by atoms with Crippen molar-refractivity contribution in [3.05, 3.63) is 41.5 Å². The molecule has 1 fully saturated rings. The number of fused-ring (bicyclic) bond motifs is 2. The highest BCUT2D eigenvalue weighted by Gasteiger charge is 2.48. The number of rotatable bonds is 7. The largest absolute Gasteiger partial charge is 0.477 e. The van der Waals surface area contributed by atoms with Gasteiger partial charge in [0.05, 0.1) is 12.6 Å². The molecule has 1 aromatic carbocycles. The maximum atomic E-state index is 13.5. The van der Waals surface area contributed by atoms with Crippen molar-refractivity contribution in [3.63, 3.8) is 0 Å². The summed E-state index contributed by atoms with van der Waals surface area (Å²) >= 11 is 0. The molecule has 2 bridgehead atoms. The quantitative estimate of drug-likeness (QED) is 0.512. The Morgan fingerprint density at radius 3 is 2.47 bits per heavy atom. The summed E-state index contributed by atoms with van der Waals surface area (Å²) in [5, 5.41) is 14.7. The van der Waals surface area contributed by atoms with Crippen molar-refractivity contribution in [2.24, 2.45) is 0 Å². The Bertz CT molecular complexity index is 1010. The Hall–Kier alpha value is -3.67. The van der Waals surface area contributed by atoms with Crippen LogP contribution in [0.15, 0.2) is 35.9 Å². The predicted molar refractivity (Wildman–Crippen MR) is 117 cm³/mol. The van der Waals surface area contributed by atoms with E-state index in [1.807, 2.05) is 0 Å². The number of hydrogen-bond acceptors (Lipinski definition) is 6. The summed E-state index contributed by atoms with van der Waals surface area (Å²) in [6, 6.07) is 4.27. The molecule has 0 unspecified atom stereocenters. The third-order valence-corrected chi connectivity index (χ3v) is 5.02. The number of amides is 4. The van der Waals surface area contributed by atoms with E-state index < -0.39 is 48.0 Å². The van der Waals surface area contributed by atoms with Gasteiger partial charge in [0.25, 0.3) is 5.91 Å². The van der Waals surface area contributed by atoms with Gasteiger partial charge in [0, 0.05) is 12.2 Å². The van der Waals surface area contributed by atoms with Crippen molar-refractivity contribution in [2.45, 2.75) is 58.3 Å². The molecule has 184 valence electrons. The summed E-state index contributed by atoms with van der Waals surface area (Å²) < 4.78 is 18.7. The third-order valence-electron chi connectivity index (χ3n) is 5.02. The lowest BCUT2D eigenvalue weighted by Crippen LogP contribution is -2.47. The molecule has 1 saturated heterocycles. The Morgan fingerprint density at radius 1 is 1.24 bits per heavy atom. The second-order valence-electron chi connectivity index (χ2n) is 8.94. The molecule has 2 aliphatic rings. The van der Waals surface area contributed by atoms with Crippen LogP contribution in [-0.4, -0.2) is 69.7 Å². The number of carboxylic acids is 1. The molecule has 0 aliphatic carbocycles. The van der Waals surface area contributed by atoms with Crippen LogP contribution >= 0.6 is 0 Å². The van der Waals surface area contributed by atoms with Crippen molar-refractivity contribution < 1.29 is 38.2 Å². The highest BCUT2D eigenvalue weighted by Crippen LogP contribution is 2.30. The molecule has 1 aromatic rings. The van der Waals surface area contributed by atoms with Gasteiger partial charge in [0.1, 0.15) is 11.6 Å². The Kier molecular flexibility index (Phi) is 7.10. The van der Waals surface area contributed by atoms with Gasteiger partial charge in [-0.15, -0.1) is 0 Å². The number of carbonyl (C=O) groups excluding carboxylic acids is 3. The molecule has 0 radical (unpaired) electrons. The highest BCUT2D eigenvalue weighted by atomic mass is 19.1. The van der Waals surface area contributed by atoms with Crippen LogP contribution in [0.3, 0.4) is 0 Å². The maximum Gasteiger partial charge on any atom is 0.407 e. The number of aliphatic carboxylic acids is 1. The van der Waals surface area contributed by atoms with Gasteiger partial charge < -0.3 is 25.4 Å². The number of anilines is 1. The van der Waals surface area contributed by atoms with Gasteiger partial charge in [0.2, 0.25) is 0 Å². The first kappa shape index (κ1) is 25.0. The summed E-state index contributed by atoms with van der Waals surface area (Å²) in [5.41, 5.74) is 1.18. The van der Waals surface area contributed by atoms with Gasteiger partial charge in [-0.2, -0.15) is 5.06 Å². The van der Waals surface area contributed by atoms with E-state index in [2.05, 4.69) is 15.5 Å². The van der Waals surface area contributed by atoms with Gasteiger partial charge in [-0.3, -0.25) is 4.79 Å². The molecule has 0 aromatic heterocycles. The van der Waals surface area contributed by atoms with Gasteiger partial charge in [0.15, 0.2) is 0 Å². The summed E-state index contributed by atoms with van der Waals surface area (Å²) in [6.07, 6.45) is -1.67. The Labute approximate surface area is 195 Å². The monoisotopic (exact) mass is 478 g/mol. The van der Waals surface area contributed by atoms with E-state index in [4.69, 9.17) is 9.84 Å². The zero-order valence-corrected chi connectivity index (χ0v) is 19.2. The number of halogens is 1. The minimum absolute atomic E-state index is 0.0515. The van der Waals surface area contributed by atoms with E-state index in [1.165, 1.54) is 4.90 Å². The second kappa shape index (κ2) is 9.67. The fourth-order valence-electron chi connectivity index (χ4n) is 3.62. The van der Waals surface area contributed by atoms with Crippen molar-refractivity contribution in [2.75, 3.05) is 11.9 Å². The average molecular weight is 478 g/mol. The molecule has 3 rings (SSSR count). The van der Waals surface area contributed by atoms with E-state index in [0.29, 0.717) is 16.3 Å². The molecule has 4 amide bonds. The number of carboxylic acid groups (broad SMARTS) is 1. The summed E-state index contributed by atoms with van der Waals surface area (Å²) in [7, 11) is 0. The van der Waals surface area contributed by atoms with Crippen LogP contribution in [-0.2, 0) is 25.7 Å². The number of benzene rings is 1. The SMILES string of the molecule is CC1=C[C@@H]2CN(C(=O)N2O[C@H](F)C(=O)O)[C@@H]1C(=O)Nc1ccc(CNC(=O)OC(C)(C)C)cc1. The van der Waals surface area contributed by atoms with E-state index in [1.54, 1.807) is 58.0 Å². The maximum absolute atomic E-state index is 13.5. The lowest BCUT2D eigenvalue weighted by Gasteiger charge is -2.29. The zero-order chi connectivity index (χ0) is 25.2. The smallest absolute Gasteiger partial charge is 0.407 e. The van der Waals surface area contributed by atoms with Crippen molar-refractivity contribution in [1.29, 1.82) is 0 Å². The van der Waals surface area contributed by atoms with Crippen molar-refractivity contribution >= 4 is 29.7 Å². The third kappa shape index (κ3) is 5.81. The number of urea groups is 1. The molecule has 2 heterocycles. The molecule has 11 nitrogen and oxygen atoms in total. The first-order valence-electron chi connectivity index (χ1n) is 10.5. The number of carbonyl (C=O) groups is 4. The summed E-state index contributed by atoms with van der Waals surface area (Å²) in [6.45, 7) is 7.23. The van der Waals surface area contributed by atoms with Crippen molar-refractivity contribution in [3.8, 4) is 0 Å². The van der Waals surface area contributed by atoms with Gasteiger partial charge in [-0.25, -0.2) is 23.6 Å². The minimum Gasteiger partial charge on any atom is -0.477 e. The lowest BCUT2D eigenvalue weighted by molar-refractivity contribution is -0.219. The number of nitrogens with one attached hydrogen (secondary N) is 2. The average Bonchev–Trinajstić information content (AvgIpc) is 2.97. The van der Waals surface area contributed by atoms with Crippen LogP contribution in [0.4, 0.5) is 19.7 Å². The minimum atomic E-state index is -2.70. The van der Waals surface area contributed by atoms with E-state index in [0.717, 1.165) is 5.56 Å². The molecule has 0 spiro atoms.